The number of aliphatic imine (C=N–C) groups is 1. The SMILES string of the molecule is CCC1(C)CSC(=NC(C)CC(F)(F)F)N1. The summed E-state index contributed by atoms with van der Waals surface area (Å²) in [6.45, 7) is 5.59. The van der Waals surface area contributed by atoms with Crippen LogP contribution >= 0.6 is 11.8 Å². The Morgan fingerprint density at radius 3 is 2.62 bits per heavy atom. The minimum Gasteiger partial charge on any atom is -0.359 e. The lowest BCUT2D eigenvalue weighted by molar-refractivity contribution is -0.137. The first-order chi connectivity index (χ1) is 7.24. The summed E-state index contributed by atoms with van der Waals surface area (Å²) in [5.41, 5.74) is -0.0263. The molecule has 0 aromatic heterocycles. The molecule has 0 spiro atoms. The molecule has 1 rings (SSSR count). The monoisotopic (exact) mass is 254 g/mol. The van der Waals surface area contributed by atoms with Crippen molar-refractivity contribution in [3.05, 3.63) is 0 Å². The summed E-state index contributed by atoms with van der Waals surface area (Å²) in [6.07, 6.45) is -4.06. The Morgan fingerprint density at radius 1 is 1.56 bits per heavy atom. The van der Waals surface area contributed by atoms with Gasteiger partial charge in [-0.15, -0.1) is 0 Å². The Kier molecular flexibility index (Phi) is 4.15. The van der Waals surface area contributed by atoms with Crippen LogP contribution in [0.1, 0.15) is 33.6 Å². The van der Waals surface area contributed by atoms with Gasteiger partial charge in [0.25, 0.3) is 0 Å². The fraction of sp³-hybridized carbons (Fsp3) is 0.900. The predicted molar refractivity (Wildman–Crippen MR) is 61.9 cm³/mol. The number of rotatable bonds is 3. The largest absolute Gasteiger partial charge is 0.391 e. The Balaban J connectivity index is 2.53. The van der Waals surface area contributed by atoms with Crippen LogP contribution in [0.2, 0.25) is 0 Å². The normalized spacial score (nSPS) is 30.5. The minimum atomic E-state index is -4.14. The lowest BCUT2D eigenvalue weighted by Gasteiger charge is -2.21. The van der Waals surface area contributed by atoms with E-state index < -0.39 is 18.6 Å². The summed E-state index contributed by atoms with van der Waals surface area (Å²) in [7, 11) is 0. The molecule has 1 saturated heterocycles. The van der Waals surface area contributed by atoms with Crippen LogP contribution < -0.4 is 5.32 Å². The minimum absolute atomic E-state index is 0.0263. The molecule has 1 aliphatic rings. The van der Waals surface area contributed by atoms with Crippen molar-refractivity contribution in [2.75, 3.05) is 5.75 Å². The van der Waals surface area contributed by atoms with E-state index in [-0.39, 0.29) is 5.54 Å². The van der Waals surface area contributed by atoms with Gasteiger partial charge >= 0.3 is 6.18 Å². The maximum Gasteiger partial charge on any atom is 0.391 e. The van der Waals surface area contributed by atoms with Gasteiger partial charge in [0.05, 0.1) is 12.5 Å². The van der Waals surface area contributed by atoms with Crippen LogP contribution in [0.5, 0.6) is 0 Å². The third-order valence-corrected chi connectivity index (χ3v) is 3.84. The zero-order valence-corrected chi connectivity index (χ0v) is 10.5. The number of halogens is 3. The summed E-state index contributed by atoms with van der Waals surface area (Å²) in [5, 5.41) is 3.82. The van der Waals surface area contributed by atoms with Crippen molar-refractivity contribution in [2.45, 2.75) is 51.4 Å². The molecule has 0 amide bonds. The highest BCUT2D eigenvalue weighted by molar-refractivity contribution is 8.14. The number of alkyl halides is 3. The summed E-state index contributed by atoms with van der Waals surface area (Å²) in [4.78, 5) is 4.05. The van der Waals surface area contributed by atoms with Crippen molar-refractivity contribution < 1.29 is 13.2 Å². The maximum atomic E-state index is 12.1. The van der Waals surface area contributed by atoms with E-state index in [9.17, 15) is 13.2 Å². The van der Waals surface area contributed by atoms with Crippen LogP contribution in [-0.4, -0.2) is 28.7 Å². The smallest absolute Gasteiger partial charge is 0.359 e. The molecule has 0 aliphatic carbocycles. The number of hydrogen-bond acceptors (Lipinski definition) is 2. The molecule has 1 aliphatic heterocycles. The van der Waals surface area contributed by atoms with E-state index in [0.29, 0.717) is 5.17 Å². The quantitative estimate of drug-likeness (QED) is 0.836. The fourth-order valence-corrected chi connectivity index (χ4v) is 2.70. The van der Waals surface area contributed by atoms with E-state index in [4.69, 9.17) is 0 Å². The maximum absolute atomic E-state index is 12.1. The van der Waals surface area contributed by atoms with Crippen LogP contribution in [-0.2, 0) is 0 Å². The lowest BCUT2D eigenvalue weighted by atomic mass is 10.0. The number of hydrogen-bond donors (Lipinski definition) is 1. The Hall–Kier alpha value is -0.390. The second-order valence-electron chi connectivity index (χ2n) is 4.43. The summed E-state index contributed by atoms with van der Waals surface area (Å²) >= 11 is 1.50. The second kappa shape index (κ2) is 4.85. The Morgan fingerprint density at radius 2 is 2.19 bits per heavy atom. The topological polar surface area (TPSA) is 24.4 Å². The van der Waals surface area contributed by atoms with Gasteiger partial charge in [0.2, 0.25) is 0 Å². The van der Waals surface area contributed by atoms with E-state index >= 15 is 0 Å². The summed E-state index contributed by atoms with van der Waals surface area (Å²) in [5.74, 6) is 0.862. The van der Waals surface area contributed by atoms with Crippen LogP contribution in [0.25, 0.3) is 0 Å². The first kappa shape index (κ1) is 13.7. The van der Waals surface area contributed by atoms with Gasteiger partial charge in [-0.05, 0) is 20.3 Å². The van der Waals surface area contributed by atoms with Gasteiger partial charge in [-0.25, -0.2) is 0 Å². The van der Waals surface area contributed by atoms with E-state index in [2.05, 4.69) is 24.2 Å². The van der Waals surface area contributed by atoms with Crippen molar-refractivity contribution in [3.8, 4) is 0 Å². The number of nitrogens with one attached hydrogen (secondary N) is 1. The first-order valence-corrected chi connectivity index (χ1v) is 6.28. The van der Waals surface area contributed by atoms with E-state index in [0.717, 1.165) is 12.2 Å². The lowest BCUT2D eigenvalue weighted by Crippen LogP contribution is -2.40. The van der Waals surface area contributed by atoms with Crippen molar-refractivity contribution in [2.24, 2.45) is 4.99 Å². The van der Waals surface area contributed by atoms with Crippen molar-refractivity contribution >= 4 is 16.9 Å². The Labute approximate surface area is 98.1 Å². The molecule has 94 valence electrons. The molecule has 1 N–H and O–H groups in total. The molecular weight excluding hydrogens is 237 g/mol. The zero-order valence-electron chi connectivity index (χ0n) is 9.69. The van der Waals surface area contributed by atoms with Crippen LogP contribution in [0.4, 0.5) is 13.2 Å². The van der Waals surface area contributed by atoms with Gasteiger partial charge < -0.3 is 5.32 Å². The molecule has 0 radical (unpaired) electrons. The van der Waals surface area contributed by atoms with Gasteiger partial charge in [0.15, 0.2) is 5.17 Å². The highest BCUT2D eigenvalue weighted by Gasteiger charge is 2.33. The third kappa shape index (κ3) is 4.23. The molecule has 1 heterocycles. The molecule has 0 bridgehead atoms. The summed E-state index contributed by atoms with van der Waals surface area (Å²) < 4.78 is 36.3. The summed E-state index contributed by atoms with van der Waals surface area (Å²) in [6, 6.07) is -0.714. The average molecular weight is 254 g/mol. The molecule has 0 aromatic rings. The first-order valence-electron chi connectivity index (χ1n) is 5.29. The molecule has 0 saturated carbocycles. The molecule has 6 heteroatoms. The molecule has 2 nitrogen and oxygen atoms in total. The molecule has 0 aromatic carbocycles. The zero-order chi connectivity index (χ0) is 12.4. The second-order valence-corrected chi connectivity index (χ2v) is 5.39. The van der Waals surface area contributed by atoms with E-state index in [1.807, 2.05) is 0 Å². The number of thioether (sulfide) groups is 1. The predicted octanol–water partition coefficient (Wildman–Crippen LogP) is 3.19. The third-order valence-electron chi connectivity index (χ3n) is 2.58. The van der Waals surface area contributed by atoms with E-state index in [1.165, 1.54) is 18.7 Å². The highest BCUT2D eigenvalue weighted by atomic mass is 32.2. The fourth-order valence-electron chi connectivity index (χ4n) is 1.40. The van der Waals surface area contributed by atoms with Crippen LogP contribution in [0.3, 0.4) is 0 Å². The van der Waals surface area contributed by atoms with Crippen molar-refractivity contribution in [1.82, 2.24) is 5.32 Å². The van der Waals surface area contributed by atoms with Gasteiger partial charge in [-0.1, -0.05) is 18.7 Å². The van der Waals surface area contributed by atoms with Crippen molar-refractivity contribution in [3.63, 3.8) is 0 Å². The van der Waals surface area contributed by atoms with Crippen molar-refractivity contribution in [1.29, 1.82) is 0 Å². The van der Waals surface area contributed by atoms with Gasteiger partial charge in [0, 0.05) is 11.3 Å². The van der Waals surface area contributed by atoms with Crippen LogP contribution in [0, 0.1) is 0 Å². The average Bonchev–Trinajstić information content (AvgIpc) is 2.45. The molecule has 1 fully saturated rings. The number of amidine groups is 1. The molecule has 16 heavy (non-hydrogen) atoms. The molecule has 2 atom stereocenters. The highest BCUT2D eigenvalue weighted by Crippen LogP contribution is 2.27. The van der Waals surface area contributed by atoms with Crippen LogP contribution in [0.15, 0.2) is 4.99 Å². The standard InChI is InChI=1S/C10H17F3N2S/c1-4-9(3)6-16-8(15-9)14-7(2)5-10(11,12)13/h7H,4-6H2,1-3H3,(H,14,15). The molecule has 2 unspecified atom stereocenters. The van der Waals surface area contributed by atoms with E-state index in [1.54, 1.807) is 0 Å². The number of nitrogens with zero attached hydrogens (tertiary/aromatic N) is 1. The molecular formula is C10H17F3N2S. The Bertz CT molecular complexity index is 278. The van der Waals surface area contributed by atoms with Gasteiger partial charge in [0.1, 0.15) is 0 Å². The van der Waals surface area contributed by atoms with Gasteiger partial charge in [-0.3, -0.25) is 4.99 Å². The van der Waals surface area contributed by atoms with Gasteiger partial charge in [-0.2, -0.15) is 13.2 Å².